The monoisotopic (exact) mass is 247 g/mol. The topological polar surface area (TPSA) is 3.24 Å². The summed E-state index contributed by atoms with van der Waals surface area (Å²) in [7, 11) is 0. The fourth-order valence-corrected chi connectivity index (χ4v) is 2.09. The molecular weight excluding hydrogens is 234 g/mol. The molecule has 1 heterocycles. The zero-order chi connectivity index (χ0) is 12.5. The molecule has 94 valence electrons. The van der Waals surface area contributed by atoms with Gasteiger partial charge in [-0.3, -0.25) is 4.90 Å². The Balaban J connectivity index is 2.10. The number of hydrogen-bond acceptors (Lipinski definition) is 1. The summed E-state index contributed by atoms with van der Waals surface area (Å²) in [5.41, 5.74) is -0.134. The van der Waals surface area contributed by atoms with Crippen LogP contribution in [0.1, 0.15) is 18.4 Å². The normalized spacial score (nSPS) is 20.5. The molecule has 1 aromatic rings. The lowest BCUT2D eigenvalue weighted by Gasteiger charge is -2.32. The van der Waals surface area contributed by atoms with E-state index in [1.807, 2.05) is 0 Å². The molecule has 2 rings (SSSR count). The SMILES string of the molecule is Fc1cccc(F)c1CN1CCCC(F)(F)C1. The van der Waals surface area contributed by atoms with Gasteiger partial charge in [-0.1, -0.05) is 6.07 Å². The van der Waals surface area contributed by atoms with Crippen LogP contribution in [0.3, 0.4) is 0 Å². The Hall–Kier alpha value is -1.10. The Morgan fingerprint density at radius 1 is 1.18 bits per heavy atom. The van der Waals surface area contributed by atoms with Gasteiger partial charge in [-0.2, -0.15) is 0 Å². The largest absolute Gasteiger partial charge is 0.293 e. The molecule has 0 unspecified atom stereocenters. The smallest absolute Gasteiger partial charge is 0.260 e. The molecule has 0 amide bonds. The van der Waals surface area contributed by atoms with Crippen molar-refractivity contribution in [2.75, 3.05) is 13.1 Å². The average Bonchev–Trinajstić information content (AvgIpc) is 2.22. The van der Waals surface area contributed by atoms with Gasteiger partial charge in [0.2, 0.25) is 0 Å². The molecular formula is C12H13F4N. The van der Waals surface area contributed by atoms with Crippen molar-refractivity contribution in [3.8, 4) is 0 Å². The molecule has 17 heavy (non-hydrogen) atoms. The third-order valence-electron chi connectivity index (χ3n) is 2.92. The molecule has 1 aromatic carbocycles. The minimum absolute atomic E-state index is 0.103. The Labute approximate surface area is 97.0 Å². The van der Waals surface area contributed by atoms with E-state index in [-0.39, 0.29) is 18.5 Å². The van der Waals surface area contributed by atoms with E-state index in [9.17, 15) is 17.6 Å². The average molecular weight is 247 g/mol. The molecule has 0 bridgehead atoms. The van der Waals surface area contributed by atoms with Gasteiger partial charge in [0.25, 0.3) is 5.92 Å². The zero-order valence-electron chi connectivity index (χ0n) is 9.23. The molecule has 0 atom stereocenters. The van der Waals surface area contributed by atoms with Crippen molar-refractivity contribution in [3.63, 3.8) is 0 Å². The van der Waals surface area contributed by atoms with Gasteiger partial charge in [0.05, 0.1) is 6.54 Å². The Morgan fingerprint density at radius 3 is 2.41 bits per heavy atom. The van der Waals surface area contributed by atoms with Crippen LogP contribution in [0.4, 0.5) is 17.6 Å². The summed E-state index contributed by atoms with van der Waals surface area (Å²) in [5, 5.41) is 0. The molecule has 0 radical (unpaired) electrons. The van der Waals surface area contributed by atoms with E-state index < -0.39 is 24.1 Å². The maximum Gasteiger partial charge on any atom is 0.260 e. The van der Waals surface area contributed by atoms with Crippen LogP contribution in [0.5, 0.6) is 0 Å². The van der Waals surface area contributed by atoms with Crippen LogP contribution in [0.25, 0.3) is 0 Å². The molecule has 1 aliphatic rings. The van der Waals surface area contributed by atoms with Crippen LogP contribution in [-0.2, 0) is 6.54 Å². The van der Waals surface area contributed by atoms with Gasteiger partial charge in [0.15, 0.2) is 0 Å². The van der Waals surface area contributed by atoms with E-state index in [0.717, 1.165) is 12.1 Å². The second-order valence-electron chi connectivity index (χ2n) is 4.37. The van der Waals surface area contributed by atoms with Crippen LogP contribution >= 0.6 is 0 Å². The summed E-state index contributed by atoms with van der Waals surface area (Å²) >= 11 is 0. The van der Waals surface area contributed by atoms with Crippen LogP contribution < -0.4 is 0 Å². The highest BCUT2D eigenvalue weighted by atomic mass is 19.3. The molecule has 0 aromatic heterocycles. The predicted molar refractivity (Wildman–Crippen MR) is 55.8 cm³/mol. The van der Waals surface area contributed by atoms with E-state index in [1.54, 1.807) is 0 Å². The van der Waals surface area contributed by atoms with E-state index >= 15 is 0 Å². The van der Waals surface area contributed by atoms with Crippen molar-refractivity contribution < 1.29 is 17.6 Å². The van der Waals surface area contributed by atoms with Gasteiger partial charge < -0.3 is 0 Å². The summed E-state index contributed by atoms with van der Waals surface area (Å²) in [6.45, 7) is -0.0851. The minimum atomic E-state index is -2.75. The third-order valence-corrected chi connectivity index (χ3v) is 2.92. The number of nitrogens with zero attached hydrogens (tertiary/aromatic N) is 1. The molecule has 0 saturated carbocycles. The lowest BCUT2D eigenvalue weighted by atomic mass is 10.1. The maximum atomic E-state index is 13.3. The summed E-state index contributed by atoms with van der Waals surface area (Å²) in [6.07, 6.45) is 0.201. The number of halogens is 4. The second kappa shape index (κ2) is 4.64. The van der Waals surface area contributed by atoms with Crippen LogP contribution in [0.2, 0.25) is 0 Å². The Morgan fingerprint density at radius 2 is 1.82 bits per heavy atom. The standard InChI is InChI=1S/C12H13F4N/c13-10-3-1-4-11(14)9(10)7-17-6-2-5-12(15,16)8-17/h1,3-4H,2,5-8H2. The zero-order valence-corrected chi connectivity index (χ0v) is 9.23. The van der Waals surface area contributed by atoms with Gasteiger partial charge >= 0.3 is 0 Å². The van der Waals surface area contributed by atoms with Crippen LogP contribution in [0, 0.1) is 11.6 Å². The highest BCUT2D eigenvalue weighted by Crippen LogP contribution is 2.28. The number of benzene rings is 1. The van der Waals surface area contributed by atoms with Gasteiger partial charge in [-0.05, 0) is 25.1 Å². The van der Waals surface area contributed by atoms with Crippen molar-refractivity contribution in [1.82, 2.24) is 4.90 Å². The van der Waals surface area contributed by atoms with Gasteiger partial charge in [0, 0.05) is 18.5 Å². The first kappa shape index (κ1) is 12.4. The molecule has 1 nitrogen and oxygen atoms in total. The minimum Gasteiger partial charge on any atom is -0.293 e. The van der Waals surface area contributed by atoms with Crippen molar-refractivity contribution >= 4 is 0 Å². The van der Waals surface area contributed by atoms with Crippen molar-refractivity contribution in [3.05, 3.63) is 35.4 Å². The van der Waals surface area contributed by atoms with Gasteiger partial charge in [-0.25, -0.2) is 17.6 Å². The fourth-order valence-electron chi connectivity index (χ4n) is 2.09. The highest BCUT2D eigenvalue weighted by Gasteiger charge is 2.35. The number of piperidine rings is 1. The summed E-state index contributed by atoms with van der Waals surface area (Å²) in [5.74, 6) is -4.11. The van der Waals surface area contributed by atoms with Crippen LogP contribution in [0.15, 0.2) is 18.2 Å². The molecule has 0 aliphatic carbocycles. The quantitative estimate of drug-likeness (QED) is 0.725. The molecule has 5 heteroatoms. The van der Waals surface area contributed by atoms with E-state index in [0.29, 0.717) is 13.0 Å². The van der Waals surface area contributed by atoms with Gasteiger partial charge in [-0.15, -0.1) is 0 Å². The van der Waals surface area contributed by atoms with Crippen LogP contribution in [-0.4, -0.2) is 23.9 Å². The first-order valence-corrected chi connectivity index (χ1v) is 5.51. The number of hydrogen-bond donors (Lipinski definition) is 0. The fraction of sp³-hybridized carbons (Fsp3) is 0.500. The number of likely N-dealkylation sites (tertiary alicyclic amines) is 1. The van der Waals surface area contributed by atoms with Crippen molar-refractivity contribution in [1.29, 1.82) is 0 Å². The first-order chi connectivity index (χ1) is 7.98. The predicted octanol–water partition coefficient (Wildman–Crippen LogP) is 3.20. The highest BCUT2D eigenvalue weighted by molar-refractivity contribution is 5.19. The first-order valence-electron chi connectivity index (χ1n) is 5.51. The Bertz CT molecular complexity index is 385. The molecule has 0 spiro atoms. The number of alkyl halides is 2. The summed E-state index contributed by atoms with van der Waals surface area (Å²) in [4.78, 5) is 1.39. The van der Waals surface area contributed by atoms with E-state index in [1.165, 1.54) is 11.0 Å². The van der Waals surface area contributed by atoms with Gasteiger partial charge in [0.1, 0.15) is 11.6 Å². The summed E-state index contributed by atoms with van der Waals surface area (Å²) in [6, 6.07) is 3.54. The maximum absolute atomic E-state index is 13.3. The van der Waals surface area contributed by atoms with Crippen molar-refractivity contribution in [2.45, 2.75) is 25.3 Å². The van der Waals surface area contributed by atoms with Crippen molar-refractivity contribution in [2.24, 2.45) is 0 Å². The Kier molecular flexibility index (Phi) is 3.38. The van der Waals surface area contributed by atoms with E-state index in [2.05, 4.69) is 0 Å². The number of rotatable bonds is 2. The second-order valence-corrected chi connectivity index (χ2v) is 4.37. The lowest BCUT2D eigenvalue weighted by Crippen LogP contribution is -2.42. The lowest BCUT2D eigenvalue weighted by molar-refractivity contribution is -0.0665. The molecule has 1 aliphatic heterocycles. The summed E-state index contributed by atoms with van der Waals surface area (Å²) < 4.78 is 52.9. The molecule has 1 fully saturated rings. The third kappa shape index (κ3) is 2.97. The van der Waals surface area contributed by atoms with E-state index in [4.69, 9.17) is 0 Å². The molecule has 0 N–H and O–H groups in total. The molecule has 1 saturated heterocycles.